The second-order valence-electron chi connectivity index (χ2n) is 8.31. The highest BCUT2D eigenvalue weighted by Crippen LogP contribution is 2.44. The second kappa shape index (κ2) is 8.62. The molecule has 2 aliphatic heterocycles. The summed E-state index contributed by atoms with van der Waals surface area (Å²) < 4.78 is 53.2. The van der Waals surface area contributed by atoms with E-state index in [9.17, 15) is 18.0 Å². The van der Waals surface area contributed by atoms with Gasteiger partial charge in [-0.15, -0.1) is 0 Å². The van der Waals surface area contributed by atoms with Crippen LogP contribution in [-0.4, -0.2) is 60.1 Å². The first-order valence-electron chi connectivity index (χ1n) is 11.0. The summed E-state index contributed by atoms with van der Waals surface area (Å²) in [5.41, 5.74) is 1.06. The molecule has 0 unspecified atom stereocenters. The van der Waals surface area contributed by atoms with Crippen LogP contribution in [0.25, 0.3) is 0 Å². The van der Waals surface area contributed by atoms with Crippen LogP contribution in [0.1, 0.15) is 34.6 Å². The van der Waals surface area contributed by atoms with E-state index in [0.29, 0.717) is 31.9 Å². The minimum atomic E-state index is -4.52. The standard InChI is InChI=1S/C23H24F3N5O3/c1-33-19-6-3-2-5-17(19)29-8-10-30(11-9-29)22(32)15-14-27-31-20(23(24,25)26)13-16(28-21(15)31)18-7-4-12-34-18/h2-7,12,14,16,20,28H,8-11,13H2,1H3/t16-,20-/m1/s1. The first-order chi connectivity index (χ1) is 16.4. The summed E-state index contributed by atoms with van der Waals surface area (Å²) in [5, 5.41) is 7.00. The van der Waals surface area contributed by atoms with Gasteiger partial charge in [0, 0.05) is 32.6 Å². The van der Waals surface area contributed by atoms with Crippen LogP contribution in [-0.2, 0) is 0 Å². The smallest absolute Gasteiger partial charge is 0.410 e. The zero-order chi connectivity index (χ0) is 23.9. The van der Waals surface area contributed by atoms with Crippen molar-refractivity contribution < 1.29 is 27.1 Å². The number of alkyl halides is 3. The molecule has 5 rings (SSSR count). The molecule has 11 heteroatoms. The monoisotopic (exact) mass is 475 g/mol. The number of hydrogen-bond donors (Lipinski definition) is 1. The molecule has 1 N–H and O–H groups in total. The zero-order valence-electron chi connectivity index (χ0n) is 18.5. The van der Waals surface area contributed by atoms with Crippen molar-refractivity contribution in [3.05, 3.63) is 60.2 Å². The van der Waals surface area contributed by atoms with E-state index in [0.717, 1.165) is 16.1 Å². The minimum absolute atomic E-state index is 0.0622. The van der Waals surface area contributed by atoms with Crippen LogP contribution < -0.4 is 15.0 Å². The number of anilines is 2. The molecular formula is C23H24F3N5O3. The molecule has 1 saturated heterocycles. The number of methoxy groups -OCH3 is 1. The fourth-order valence-corrected chi connectivity index (χ4v) is 4.61. The lowest BCUT2D eigenvalue weighted by Gasteiger charge is -2.37. The van der Waals surface area contributed by atoms with E-state index in [-0.39, 0.29) is 23.7 Å². The van der Waals surface area contributed by atoms with Crippen molar-refractivity contribution in [3.8, 4) is 5.75 Å². The summed E-state index contributed by atoms with van der Waals surface area (Å²) in [6.07, 6.45) is -2.16. The third kappa shape index (κ3) is 3.95. The Labute approximate surface area is 193 Å². The molecule has 1 amide bonds. The number of carbonyl (C=O) groups is 1. The molecule has 1 aromatic carbocycles. The number of halogens is 3. The van der Waals surface area contributed by atoms with E-state index in [1.165, 1.54) is 12.5 Å². The molecule has 2 atom stereocenters. The molecule has 0 bridgehead atoms. The van der Waals surface area contributed by atoms with E-state index in [1.54, 1.807) is 24.1 Å². The van der Waals surface area contributed by atoms with E-state index in [4.69, 9.17) is 9.15 Å². The van der Waals surface area contributed by atoms with Crippen LogP contribution in [0.3, 0.4) is 0 Å². The lowest BCUT2D eigenvalue weighted by molar-refractivity contribution is -0.174. The average molecular weight is 475 g/mol. The van der Waals surface area contributed by atoms with Gasteiger partial charge in [-0.1, -0.05) is 12.1 Å². The summed E-state index contributed by atoms with van der Waals surface area (Å²) in [7, 11) is 1.61. The average Bonchev–Trinajstić information content (AvgIpc) is 3.53. The van der Waals surface area contributed by atoms with Crippen molar-refractivity contribution in [2.75, 3.05) is 43.5 Å². The number of fused-ring (bicyclic) bond motifs is 1. The lowest BCUT2D eigenvalue weighted by atomic mass is 10.0. The lowest BCUT2D eigenvalue weighted by Crippen LogP contribution is -2.49. The van der Waals surface area contributed by atoms with Crippen LogP contribution in [0, 0.1) is 0 Å². The molecule has 34 heavy (non-hydrogen) atoms. The number of amides is 1. The molecule has 2 aliphatic rings. The number of furan rings is 1. The van der Waals surface area contributed by atoms with Crippen LogP contribution in [0.5, 0.6) is 5.75 Å². The van der Waals surface area contributed by atoms with Gasteiger partial charge in [-0.2, -0.15) is 18.3 Å². The minimum Gasteiger partial charge on any atom is -0.495 e. The van der Waals surface area contributed by atoms with E-state index in [2.05, 4.69) is 15.3 Å². The highest BCUT2D eigenvalue weighted by atomic mass is 19.4. The Morgan fingerprint density at radius 1 is 1.15 bits per heavy atom. The Morgan fingerprint density at radius 2 is 1.91 bits per heavy atom. The van der Waals surface area contributed by atoms with Crippen LogP contribution in [0.15, 0.2) is 53.3 Å². The predicted octanol–water partition coefficient (Wildman–Crippen LogP) is 4.11. The number of rotatable bonds is 4. The number of piperazine rings is 1. The number of para-hydroxylation sites is 2. The van der Waals surface area contributed by atoms with Crippen LogP contribution >= 0.6 is 0 Å². The number of nitrogens with one attached hydrogen (secondary N) is 1. The van der Waals surface area contributed by atoms with Gasteiger partial charge in [-0.25, -0.2) is 4.68 Å². The van der Waals surface area contributed by atoms with Crippen LogP contribution in [0.2, 0.25) is 0 Å². The van der Waals surface area contributed by atoms with Gasteiger partial charge in [0.05, 0.1) is 31.3 Å². The van der Waals surface area contributed by atoms with Crippen molar-refractivity contribution in [1.82, 2.24) is 14.7 Å². The van der Waals surface area contributed by atoms with Gasteiger partial charge in [0.15, 0.2) is 6.04 Å². The molecule has 2 aromatic heterocycles. The Morgan fingerprint density at radius 3 is 2.59 bits per heavy atom. The molecular weight excluding hydrogens is 451 g/mol. The summed E-state index contributed by atoms with van der Waals surface area (Å²) in [4.78, 5) is 17.1. The number of aromatic nitrogens is 2. The summed E-state index contributed by atoms with van der Waals surface area (Å²) >= 11 is 0. The molecule has 3 aromatic rings. The number of carbonyl (C=O) groups excluding carboxylic acids is 1. The van der Waals surface area contributed by atoms with Gasteiger partial charge in [-0.3, -0.25) is 4.79 Å². The fraction of sp³-hybridized carbons (Fsp3) is 0.391. The van der Waals surface area contributed by atoms with Gasteiger partial charge in [-0.05, 0) is 24.3 Å². The van der Waals surface area contributed by atoms with Gasteiger partial charge in [0.2, 0.25) is 0 Å². The molecule has 0 spiro atoms. The first kappa shape index (κ1) is 22.2. The van der Waals surface area contributed by atoms with Gasteiger partial charge >= 0.3 is 6.18 Å². The molecule has 180 valence electrons. The summed E-state index contributed by atoms with van der Waals surface area (Å²) in [5.74, 6) is 0.839. The van der Waals surface area contributed by atoms with E-state index < -0.39 is 18.3 Å². The zero-order valence-corrected chi connectivity index (χ0v) is 18.5. The molecule has 0 aliphatic carbocycles. The molecule has 1 fully saturated rings. The number of hydrogen-bond acceptors (Lipinski definition) is 6. The third-order valence-corrected chi connectivity index (χ3v) is 6.35. The van der Waals surface area contributed by atoms with Crippen molar-refractivity contribution in [3.63, 3.8) is 0 Å². The molecule has 0 saturated carbocycles. The van der Waals surface area contributed by atoms with Crippen LogP contribution in [0.4, 0.5) is 24.7 Å². The van der Waals surface area contributed by atoms with Gasteiger partial charge < -0.3 is 24.3 Å². The number of benzene rings is 1. The van der Waals surface area contributed by atoms with Crippen molar-refractivity contribution >= 4 is 17.4 Å². The Bertz CT molecular complexity index is 1150. The van der Waals surface area contributed by atoms with E-state index in [1.807, 2.05) is 24.3 Å². The van der Waals surface area contributed by atoms with Crippen molar-refractivity contribution in [2.24, 2.45) is 0 Å². The number of ether oxygens (including phenoxy) is 1. The quantitative estimate of drug-likeness (QED) is 0.612. The Balaban J connectivity index is 1.36. The Kier molecular flexibility index (Phi) is 5.62. The summed E-state index contributed by atoms with van der Waals surface area (Å²) in [6, 6.07) is 8.32. The SMILES string of the molecule is COc1ccccc1N1CCN(C(=O)c2cnn3c2N[C@@H](c2ccco2)C[C@@H]3C(F)(F)F)CC1. The summed E-state index contributed by atoms with van der Waals surface area (Å²) in [6.45, 7) is 1.99. The fourth-order valence-electron chi connectivity index (χ4n) is 4.61. The van der Waals surface area contributed by atoms with E-state index >= 15 is 0 Å². The normalized spacial score (nSPS) is 20.6. The third-order valence-electron chi connectivity index (χ3n) is 6.35. The Hall–Kier alpha value is -3.63. The highest BCUT2D eigenvalue weighted by molar-refractivity contribution is 5.99. The maximum atomic E-state index is 13.8. The molecule has 0 radical (unpaired) electrons. The van der Waals surface area contributed by atoms with Crippen molar-refractivity contribution in [1.29, 1.82) is 0 Å². The predicted molar refractivity (Wildman–Crippen MR) is 118 cm³/mol. The van der Waals surface area contributed by atoms with Gasteiger partial charge in [0.1, 0.15) is 22.9 Å². The first-order valence-corrected chi connectivity index (χ1v) is 11.0. The second-order valence-corrected chi connectivity index (χ2v) is 8.31. The van der Waals surface area contributed by atoms with Crippen molar-refractivity contribution in [2.45, 2.75) is 24.7 Å². The maximum Gasteiger partial charge on any atom is 0.410 e. The number of nitrogens with zero attached hydrogens (tertiary/aromatic N) is 4. The molecule has 8 nitrogen and oxygen atoms in total. The van der Waals surface area contributed by atoms with Gasteiger partial charge in [0.25, 0.3) is 5.91 Å². The molecule has 4 heterocycles. The topological polar surface area (TPSA) is 75.8 Å². The highest BCUT2D eigenvalue weighted by Gasteiger charge is 2.48. The maximum absolute atomic E-state index is 13.8. The largest absolute Gasteiger partial charge is 0.495 e.